The lowest BCUT2D eigenvalue weighted by Crippen LogP contribution is -2.24. The molecule has 0 aromatic carbocycles. The first-order valence-corrected chi connectivity index (χ1v) is 5.44. The number of hydrogen-bond donors (Lipinski definition) is 1. The molecule has 0 amide bonds. The van der Waals surface area contributed by atoms with Gasteiger partial charge in [-0.1, -0.05) is 20.8 Å². The molecule has 1 heterocycles. The van der Waals surface area contributed by atoms with Crippen molar-refractivity contribution in [3.8, 4) is 5.88 Å². The number of nitrogens with one attached hydrogen (secondary N) is 1. The van der Waals surface area contributed by atoms with Crippen LogP contribution >= 0.6 is 0 Å². The van der Waals surface area contributed by atoms with Crippen molar-refractivity contribution < 1.29 is 4.74 Å². The van der Waals surface area contributed by atoms with Crippen molar-refractivity contribution in [2.75, 3.05) is 12.4 Å². The Bertz CT molecular complexity index is 299. The molecule has 0 aliphatic heterocycles. The number of pyridine rings is 1. The van der Waals surface area contributed by atoms with E-state index >= 15 is 0 Å². The van der Waals surface area contributed by atoms with E-state index in [9.17, 15) is 0 Å². The molecule has 0 aliphatic rings. The first-order valence-electron chi connectivity index (χ1n) is 5.44. The van der Waals surface area contributed by atoms with E-state index in [-0.39, 0.29) is 0 Å². The summed E-state index contributed by atoms with van der Waals surface area (Å²) in [4.78, 5) is 4.16. The molecule has 0 saturated carbocycles. The van der Waals surface area contributed by atoms with Crippen molar-refractivity contribution in [1.29, 1.82) is 0 Å². The fraction of sp³-hybridized carbons (Fsp3) is 0.583. The first kappa shape index (κ1) is 11.8. The molecule has 0 unspecified atom stereocenters. The second-order valence-corrected chi connectivity index (χ2v) is 3.96. The van der Waals surface area contributed by atoms with Gasteiger partial charge in [0.25, 0.3) is 0 Å². The van der Waals surface area contributed by atoms with Gasteiger partial charge in [-0.3, -0.25) is 0 Å². The van der Waals surface area contributed by atoms with Gasteiger partial charge < -0.3 is 10.1 Å². The van der Waals surface area contributed by atoms with E-state index in [0.29, 0.717) is 17.8 Å². The molecule has 1 N–H and O–H groups in total. The molecule has 0 fully saturated rings. The molecule has 1 aromatic heterocycles. The van der Waals surface area contributed by atoms with Crippen molar-refractivity contribution in [3.05, 3.63) is 18.3 Å². The molecule has 0 saturated heterocycles. The Hall–Kier alpha value is -1.25. The number of ether oxygens (including phenoxy) is 1. The quantitative estimate of drug-likeness (QED) is 0.807. The van der Waals surface area contributed by atoms with Crippen LogP contribution in [0.4, 0.5) is 5.69 Å². The minimum absolute atomic E-state index is 0.461. The van der Waals surface area contributed by atoms with Gasteiger partial charge in [0.1, 0.15) is 0 Å². The van der Waals surface area contributed by atoms with Crippen LogP contribution in [0.2, 0.25) is 0 Å². The van der Waals surface area contributed by atoms with Gasteiger partial charge in [-0.15, -0.1) is 0 Å². The fourth-order valence-corrected chi connectivity index (χ4v) is 1.60. The van der Waals surface area contributed by atoms with E-state index < -0.39 is 0 Å². The maximum absolute atomic E-state index is 5.20. The monoisotopic (exact) mass is 208 g/mol. The molecule has 84 valence electrons. The van der Waals surface area contributed by atoms with Crippen LogP contribution in [0.3, 0.4) is 0 Å². The lowest BCUT2D eigenvalue weighted by molar-refractivity contribution is 0.397. The summed E-state index contributed by atoms with van der Waals surface area (Å²) in [6, 6.07) is 4.37. The Labute approximate surface area is 91.9 Å². The van der Waals surface area contributed by atoms with Crippen molar-refractivity contribution in [3.63, 3.8) is 0 Å². The van der Waals surface area contributed by atoms with Crippen molar-refractivity contribution in [2.24, 2.45) is 5.92 Å². The number of hydrogen-bond acceptors (Lipinski definition) is 3. The topological polar surface area (TPSA) is 34.2 Å². The molecular formula is C12H20N2O. The molecule has 15 heavy (non-hydrogen) atoms. The number of nitrogens with zero attached hydrogens (tertiary/aromatic N) is 1. The van der Waals surface area contributed by atoms with Gasteiger partial charge >= 0.3 is 0 Å². The Morgan fingerprint density at radius 2 is 2.20 bits per heavy atom. The predicted octanol–water partition coefficient (Wildman–Crippen LogP) is 2.94. The fourth-order valence-electron chi connectivity index (χ4n) is 1.60. The number of methoxy groups -OCH3 is 1. The van der Waals surface area contributed by atoms with E-state index in [2.05, 4.69) is 31.1 Å². The van der Waals surface area contributed by atoms with Crippen LogP contribution in [0.25, 0.3) is 0 Å². The van der Waals surface area contributed by atoms with Crippen LogP contribution in [0.1, 0.15) is 27.2 Å². The summed E-state index contributed by atoms with van der Waals surface area (Å²) < 4.78 is 5.20. The summed E-state index contributed by atoms with van der Waals surface area (Å²) in [6.07, 6.45) is 2.83. The number of aromatic nitrogens is 1. The third-order valence-corrected chi connectivity index (χ3v) is 2.55. The second kappa shape index (κ2) is 5.59. The Balaban J connectivity index is 2.78. The van der Waals surface area contributed by atoms with Crippen molar-refractivity contribution in [1.82, 2.24) is 4.98 Å². The van der Waals surface area contributed by atoms with Crippen LogP contribution in [-0.4, -0.2) is 18.1 Å². The third kappa shape index (κ3) is 3.11. The lowest BCUT2D eigenvalue weighted by Gasteiger charge is -2.22. The average Bonchev–Trinajstić information content (AvgIpc) is 2.25. The standard InChI is InChI=1S/C12H20N2O/c1-5-10(9(2)3)14-11-7-6-8-13-12(11)15-4/h6-10,14H,5H2,1-4H3/t10-/m1/s1. The van der Waals surface area contributed by atoms with Crippen LogP contribution in [0.5, 0.6) is 5.88 Å². The SMILES string of the molecule is CC[C@@H](Nc1cccnc1OC)C(C)C. The summed E-state index contributed by atoms with van der Waals surface area (Å²) in [5.41, 5.74) is 0.973. The van der Waals surface area contributed by atoms with Gasteiger partial charge in [-0.05, 0) is 24.5 Å². The molecule has 1 rings (SSSR count). The Morgan fingerprint density at radius 3 is 2.73 bits per heavy atom. The second-order valence-electron chi connectivity index (χ2n) is 3.96. The van der Waals surface area contributed by atoms with Crippen molar-refractivity contribution in [2.45, 2.75) is 33.2 Å². The van der Waals surface area contributed by atoms with Crippen LogP contribution in [-0.2, 0) is 0 Å². The third-order valence-electron chi connectivity index (χ3n) is 2.55. The highest BCUT2D eigenvalue weighted by atomic mass is 16.5. The normalized spacial score (nSPS) is 12.6. The van der Waals surface area contributed by atoms with Gasteiger partial charge in [0, 0.05) is 12.2 Å². The average molecular weight is 208 g/mol. The molecule has 1 aromatic rings. The maximum Gasteiger partial charge on any atom is 0.237 e. The van der Waals surface area contributed by atoms with Gasteiger partial charge in [0.2, 0.25) is 5.88 Å². The molecule has 1 atom stereocenters. The summed E-state index contributed by atoms with van der Waals surface area (Å²) in [6.45, 7) is 6.61. The van der Waals surface area contributed by atoms with E-state index in [1.807, 2.05) is 12.1 Å². The minimum atomic E-state index is 0.461. The number of rotatable bonds is 5. The lowest BCUT2D eigenvalue weighted by atomic mass is 10.0. The molecule has 3 nitrogen and oxygen atoms in total. The smallest absolute Gasteiger partial charge is 0.237 e. The summed E-state index contributed by atoms with van der Waals surface area (Å²) in [5.74, 6) is 1.26. The highest BCUT2D eigenvalue weighted by molar-refractivity contribution is 5.52. The predicted molar refractivity (Wildman–Crippen MR) is 63.3 cm³/mol. The zero-order chi connectivity index (χ0) is 11.3. The van der Waals surface area contributed by atoms with E-state index in [1.165, 1.54) is 0 Å². The largest absolute Gasteiger partial charge is 0.480 e. The van der Waals surface area contributed by atoms with Crippen LogP contribution < -0.4 is 10.1 Å². The Kier molecular flexibility index (Phi) is 4.40. The molecular weight excluding hydrogens is 188 g/mol. The zero-order valence-corrected chi connectivity index (χ0v) is 9.95. The molecule has 3 heteroatoms. The summed E-state index contributed by atoms with van der Waals surface area (Å²) in [7, 11) is 1.64. The van der Waals surface area contributed by atoms with Gasteiger partial charge in [-0.2, -0.15) is 0 Å². The van der Waals surface area contributed by atoms with E-state index in [0.717, 1.165) is 12.1 Å². The highest BCUT2D eigenvalue weighted by Crippen LogP contribution is 2.23. The van der Waals surface area contributed by atoms with E-state index in [1.54, 1.807) is 13.3 Å². The summed E-state index contributed by atoms with van der Waals surface area (Å²) >= 11 is 0. The molecule has 0 radical (unpaired) electrons. The van der Waals surface area contributed by atoms with E-state index in [4.69, 9.17) is 4.74 Å². The first-order chi connectivity index (χ1) is 7.19. The number of anilines is 1. The van der Waals surface area contributed by atoms with Gasteiger partial charge in [0.15, 0.2) is 0 Å². The minimum Gasteiger partial charge on any atom is -0.480 e. The maximum atomic E-state index is 5.20. The van der Waals surface area contributed by atoms with Crippen molar-refractivity contribution >= 4 is 5.69 Å². The van der Waals surface area contributed by atoms with Gasteiger partial charge in [0.05, 0.1) is 12.8 Å². The van der Waals surface area contributed by atoms with Crippen LogP contribution in [0.15, 0.2) is 18.3 Å². The summed E-state index contributed by atoms with van der Waals surface area (Å²) in [5, 5.41) is 3.46. The molecule has 0 aliphatic carbocycles. The highest BCUT2D eigenvalue weighted by Gasteiger charge is 2.12. The van der Waals surface area contributed by atoms with Gasteiger partial charge in [-0.25, -0.2) is 4.98 Å². The molecule has 0 bridgehead atoms. The molecule has 0 spiro atoms. The zero-order valence-electron chi connectivity index (χ0n) is 9.95. The Morgan fingerprint density at radius 1 is 1.47 bits per heavy atom. The van der Waals surface area contributed by atoms with Crippen LogP contribution in [0, 0.1) is 5.92 Å².